The largest absolute Gasteiger partial charge is 0.354 e. The molecule has 0 fully saturated rings. The molecule has 5 heteroatoms. The maximum absolute atomic E-state index is 4.42. The molecular formula is C14H17BrN4. The molecule has 1 aromatic heterocycles. The molecule has 0 amide bonds. The second-order valence-corrected chi connectivity index (χ2v) is 5.25. The lowest BCUT2D eigenvalue weighted by Gasteiger charge is -2.13. The Morgan fingerprint density at radius 1 is 1.21 bits per heavy atom. The smallest absolute Gasteiger partial charge is 0.224 e. The lowest BCUT2D eigenvalue weighted by atomic mass is 10.1. The normalized spacial score (nSPS) is 10.3. The van der Waals surface area contributed by atoms with E-state index in [9.17, 15) is 0 Å². The lowest BCUT2D eigenvalue weighted by Crippen LogP contribution is -2.04. The van der Waals surface area contributed by atoms with Gasteiger partial charge in [0.05, 0.1) is 0 Å². The lowest BCUT2D eigenvalue weighted by molar-refractivity contribution is 1.08. The molecule has 0 radical (unpaired) electrons. The van der Waals surface area contributed by atoms with Crippen LogP contribution < -0.4 is 10.6 Å². The maximum Gasteiger partial charge on any atom is 0.224 e. The highest BCUT2D eigenvalue weighted by Crippen LogP contribution is 2.27. The molecule has 0 aliphatic heterocycles. The zero-order chi connectivity index (χ0) is 13.8. The summed E-state index contributed by atoms with van der Waals surface area (Å²) in [5.74, 6) is 1.43. The van der Waals surface area contributed by atoms with E-state index < -0.39 is 0 Å². The molecule has 0 aliphatic rings. The molecule has 0 atom stereocenters. The Morgan fingerprint density at radius 3 is 2.53 bits per heavy atom. The summed E-state index contributed by atoms with van der Waals surface area (Å²) in [6.07, 6.45) is 1.75. The minimum absolute atomic E-state index is 0.639. The van der Waals surface area contributed by atoms with Crippen molar-refractivity contribution >= 4 is 33.4 Å². The standard InChI is InChI=1S/C14H17BrN4/c1-4-16-14-17-6-5-12(19-14)18-13-9(2)7-11(15)8-10(13)3/h5-8H,4H2,1-3H3,(H2,16,17,18,19). The van der Waals surface area contributed by atoms with Crippen LogP contribution in [0.2, 0.25) is 0 Å². The van der Waals surface area contributed by atoms with Gasteiger partial charge in [-0.2, -0.15) is 4.98 Å². The Bertz CT molecular complexity index is 560. The minimum atomic E-state index is 0.639. The van der Waals surface area contributed by atoms with Crippen LogP contribution in [0.15, 0.2) is 28.9 Å². The molecule has 2 N–H and O–H groups in total. The van der Waals surface area contributed by atoms with Gasteiger partial charge in [-0.1, -0.05) is 15.9 Å². The Kier molecular flexibility index (Phi) is 4.37. The molecule has 0 aliphatic carbocycles. The quantitative estimate of drug-likeness (QED) is 0.892. The van der Waals surface area contributed by atoms with E-state index in [0.29, 0.717) is 5.95 Å². The average Bonchev–Trinajstić information content (AvgIpc) is 2.35. The summed E-state index contributed by atoms with van der Waals surface area (Å²) >= 11 is 3.50. The molecule has 4 nitrogen and oxygen atoms in total. The summed E-state index contributed by atoms with van der Waals surface area (Å²) in [4.78, 5) is 8.58. The third-order valence-electron chi connectivity index (χ3n) is 2.74. The highest BCUT2D eigenvalue weighted by molar-refractivity contribution is 9.10. The van der Waals surface area contributed by atoms with Gasteiger partial charge in [-0.05, 0) is 50.1 Å². The van der Waals surface area contributed by atoms with Crippen molar-refractivity contribution in [2.45, 2.75) is 20.8 Å². The molecule has 0 unspecified atom stereocenters. The fourth-order valence-corrected chi connectivity index (χ4v) is 2.59. The van der Waals surface area contributed by atoms with Gasteiger partial charge in [0.25, 0.3) is 0 Å². The van der Waals surface area contributed by atoms with Gasteiger partial charge in [-0.25, -0.2) is 4.98 Å². The number of halogens is 1. The first-order chi connectivity index (χ1) is 9.10. The van der Waals surface area contributed by atoms with Crippen LogP contribution in [0.3, 0.4) is 0 Å². The SMILES string of the molecule is CCNc1nccc(Nc2c(C)cc(Br)cc2C)n1. The number of nitrogens with zero attached hydrogens (tertiary/aromatic N) is 2. The monoisotopic (exact) mass is 320 g/mol. The molecule has 2 rings (SSSR count). The number of hydrogen-bond donors (Lipinski definition) is 2. The van der Waals surface area contributed by atoms with Gasteiger partial charge in [-0.3, -0.25) is 0 Å². The predicted octanol–water partition coefficient (Wildman–Crippen LogP) is 4.03. The van der Waals surface area contributed by atoms with E-state index in [0.717, 1.165) is 22.5 Å². The Labute approximate surface area is 121 Å². The van der Waals surface area contributed by atoms with Gasteiger partial charge in [0.2, 0.25) is 5.95 Å². The highest BCUT2D eigenvalue weighted by atomic mass is 79.9. The molecule has 0 spiro atoms. The van der Waals surface area contributed by atoms with Crippen LogP contribution in [0.5, 0.6) is 0 Å². The zero-order valence-electron chi connectivity index (χ0n) is 11.3. The average molecular weight is 321 g/mol. The summed E-state index contributed by atoms with van der Waals surface area (Å²) < 4.78 is 1.09. The topological polar surface area (TPSA) is 49.8 Å². The van der Waals surface area contributed by atoms with Crippen LogP contribution in [0.4, 0.5) is 17.5 Å². The molecule has 19 heavy (non-hydrogen) atoms. The van der Waals surface area contributed by atoms with Crippen LogP contribution in [0.25, 0.3) is 0 Å². The Morgan fingerprint density at radius 2 is 1.89 bits per heavy atom. The third kappa shape index (κ3) is 3.44. The van der Waals surface area contributed by atoms with Gasteiger partial charge < -0.3 is 10.6 Å². The number of benzene rings is 1. The van der Waals surface area contributed by atoms with E-state index in [4.69, 9.17) is 0 Å². The summed E-state index contributed by atoms with van der Waals surface area (Å²) in [5, 5.41) is 6.46. The summed E-state index contributed by atoms with van der Waals surface area (Å²) in [5.41, 5.74) is 3.44. The summed E-state index contributed by atoms with van der Waals surface area (Å²) in [6.45, 7) is 6.98. The summed E-state index contributed by atoms with van der Waals surface area (Å²) in [7, 11) is 0. The van der Waals surface area contributed by atoms with Crippen molar-refractivity contribution in [1.82, 2.24) is 9.97 Å². The Hall–Kier alpha value is -1.62. The molecule has 2 aromatic rings. The van der Waals surface area contributed by atoms with Crippen LogP contribution in [-0.2, 0) is 0 Å². The van der Waals surface area contributed by atoms with E-state index in [1.165, 1.54) is 11.1 Å². The predicted molar refractivity (Wildman–Crippen MR) is 83.1 cm³/mol. The number of anilines is 3. The number of nitrogens with one attached hydrogen (secondary N) is 2. The van der Waals surface area contributed by atoms with E-state index in [-0.39, 0.29) is 0 Å². The van der Waals surface area contributed by atoms with Crippen molar-refractivity contribution in [2.75, 3.05) is 17.2 Å². The van der Waals surface area contributed by atoms with E-state index in [1.54, 1.807) is 6.20 Å². The van der Waals surface area contributed by atoms with Gasteiger partial charge in [0.1, 0.15) is 5.82 Å². The van der Waals surface area contributed by atoms with Crippen molar-refractivity contribution in [3.8, 4) is 0 Å². The number of aromatic nitrogens is 2. The van der Waals surface area contributed by atoms with Crippen LogP contribution >= 0.6 is 15.9 Å². The van der Waals surface area contributed by atoms with E-state index in [2.05, 4.69) is 62.5 Å². The number of aryl methyl sites for hydroxylation is 2. The molecular weight excluding hydrogens is 304 g/mol. The molecule has 0 saturated carbocycles. The molecule has 1 aromatic carbocycles. The zero-order valence-corrected chi connectivity index (χ0v) is 12.9. The molecule has 0 bridgehead atoms. The van der Waals surface area contributed by atoms with Gasteiger partial charge in [0, 0.05) is 22.9 Å². The van der Waals surface area contributed by atoms with Crippen molar-refractivity contribution in [1.29, 1.82) is 0 Å². The third-order valence-corrected chi connectivity index (χ3v) is 3.20. The van der Waals surface area contributed by atoms with Gasteiger partial charge in [-0.15, -0.1) is 0 Å². The van der Waals surface area contributed by atoms with Crippen LogP contribution in [0, 0.1) is 13.8 Å². The van der Waals surface area contributed by atoms with E-state index >= 15 is 0 Å². The van der Waals surface area contributed by atoms with Gasteiger partial charge in [0.15, 0.2) is 0 Å². The first-order valence-corrected chi connectivity index (χ1v) is 7.00. The first-order valence-electron chi connectivity index (χ1n) is 6.21. The number of rotatable bonds is 4. The fraction of sp³-hybridized carbons (Fsp3) is 0.286. The fourth-order valence-electron chi connectivity index (χ4n) is 1.91. The van der Waals surface area contributed by atoms with Crippen molar-refractivity contribution in [3.63, 3.8) is 0 Å². The molecule has 1 heterocycles. The number of hydrogen-bond acceptors (Lipinski definition) is 4. The molecule has 100 valence electrons. The van der Waals surface area contributed by atoms with Crippen LogP contribution in [0.1, 0.15) is 18.1 Å². The first kappa shape index (κ1) is 13.8. The highest BCUT2D eigenvalue weighted by Gasteiger charge is 2.06. The second kappa shape index (κ2) is 6.02. The summed E-state index contributed by atoms with van der Waals surface area (Å²) in [6, 6.07) is 6.03. The van der Waals surface area contributed by atoms with Crippen molar-refractivity contribution in [2.24, 2.45) is 0 Å². The second-order valence-electron chi connectivity index (χ2n) is 4.34. The maximum atomic E-state index is 4.42. The Balaban J connectivity index is 2.28. The minimum Gasteiger partial charge on any atom is -0.354 e. The van der Waals surface area contributed by atoms with Gasteiger partial charge >= 0.3 is 0 Å². The van der Waals surface area contributed by atoms with E-state index in [1.807, 2.05) is 13.0 Å². The van der Waals surface area contributed by atoms with Crippen molar-refractivity contribution < 1.29 is 0 Å². The molecule has 0 saturated heterocycles. The van der Waals surface area contributed by atoms with Crippen LogP contribution in [-0.4, -0.2) is 16.5 Å². The van der Waals surface area contributed by atoms with Crippen molar-refractivity contribution in [3.05, 3.63) is 40.0 Å².